The molecule has 9 nitrogen and oxygen atoms in total. The highest BCUT2D eigenvalue weighted by Gasteiger charge is 2.17. The second kappa shape index (κ2) is 9.08. The van der Waals surface area contributed by atoms with Crippen LogP contribution in [0.15, 0.2) is 24.3 Å². The fourth-order valence-electron chi connectivity index (χ4n) is 2.37. The van der Waals surface area contributed by atoms with Crippen molar-refractivity contribution in [1.29, 1.82) is 0 Å². The van der Waals surface area contributed by atoms with Gasteiger partial charge in [0.2, 0.25) is 5.95 Å². The lowest BCUT2D eigenvalue weighted by Gasteiger charge is -2.26. The summed E-state index contributed by atoms with van der Waals surface area (Å²) in [6.45, 7) is 2.43. The van der Waals surface area contributed by atoms with Crippen molar-refractivity contribution in [3.8, 4) is 11.8 Å². The summed E-state index contributed by atoms with van der Waals surface area (Å²) < 4.78 is 28.6. The van der Waals surface area contributed by atoms with Gasteiger partial charge in [0.1, 0.15) is 11.6 Å². The van der Waals surface area contributed by atoms with Gasteiger partial charge in [-0.1, -0.05) is 0 Å². The number of nitrogens with one attached hydrogen (secondary N) is 1. The van der Waals surface area contributed by atoms with E-state index >= 15 is 0 Å². The first kappa shape index (κ1) is 18.8. The van der Waals surface area contributed by atoms with E-state index in [1.807, 2.05) is 4.90 Å². The van der Waals surface area contributed by atoms with E-state index < -0.39 is 0 Å². The van der Waals surface area contributed by atoms with Gasteiger partial charge in [0.15, 0.2) is 12.4 Å². The smallest absolute Gasteiger partial charge is 0.321 e. The summed E-state index contributed by atoms with van der Waals surface area (Å²) in [4.78, 5) is 26.7. The molecule has 144 valence electrons. The Kier molecular flexibility index (Phi) is 6.31. The molecule has 1 aromatic carbocycles. The number of morpholine rings is 1. The summed E-state index contributed by atoms with van der Waals surface area (Å²) in [5.41, 5.74) is 0. The molecule has 0 bridgehead atoms. The van der Waals surface area contributed by atoms with Gasteiger partial charge < -0.3 is 24.4 Å². The maximum absolute atomic E-state index is 12.8. The van der Waals surface area contributed by atoms with Crippen LogP contribution in [0.1, 0.15) is 5.82 Å². The number of benzene rings is 1. The first-order valence-corrected chi connectivity index (χ1v) is 8.41. The number of methoxy groups -OCH3 is 1. The standard InChI is InChI=1S/C17H20FN5O4/c1-25-17-21-14(20-16(22-17)23-6-8-26-9-7-23)10-19-15(24)11-27-13-4-2-12(18)3-5-13/h2-5H,6-11H2,1H3,(H,19,24). The number of aromatic nitrogens is 3. The Hall–Kier alpha value is -3.01. The van der Waals surface area contributed by atoms with Gasteiger partial charge in [-0.3, -0.25) is 4.79 Å². The van der Waals surface area contributed by atoms with Gasteiger partial charge in [-0.25, -0.2) is 4.39 Å². The van der Waals surface area contributed by atoms with E-state index in [4.69, 9.17) is 14.2 Å². The van der Waals surface area contributed by atoms with Crippen molar-refractivity contribution < 1.29 is 23.4 Å². The van der Waals surface area contributed by atoms with Gasteiger partial charge in [0, 0.05) is 13.1 Å². The molecule has 1 aromatic heterocycles. The molecule has 1 aliphatic rings. The predicted octanol–water partition coefficient (Wildman–Crippen LogP) is 0.551. The topological polar surface area (TPSA) is 98.7 Å². The average Bonchev–Trinajstić information content (AvgIpc) is 2.72. The molecule has 2 heterocycles. The first-order valence-electron chi connectivity index (χ1n) is 8.41. The molecule has 1 fully saturated rings. The Bertz CT molecular complexity index is 768. The zero-order chi connectivity index (χ0) is 19.1. The number of carbonyl (C=O) groups excluding carboxylic acids is 1. The summed E-state index contributed by atoms with van der Waals surface area (Å²) in [5.74, 6) is 0.539. The highest BCUT2D eigenvalue weighted by Crippen LogP contribution is 2.14. The van der Waals surface area contributed by atoms with Crippen molar-refractivity contribution in [3.05, 3.63) is 35.9 Å². The van der Waals surface area contributed by atoms with Gasteiger partial charge in [-0.15, -0.1) is 0 Å². The Balaban J connectivity index is 1.56. The number of hydrogen-bond acceptors (Lipinski definition) is 8. The van der Waals surface area contributed by atoms with Gasteiger partial charge >= 0.3 is 6.01 Å². The minimum absolute atomic E-state index is 0.0990. The summed E-state index contributed by atoms with van der Waals surface area (Å²) >= 11 is 0. The van der Waals surface area contributed by atoms with Crippen LogP contribution in [0.2, 0.25) is 0 Å². The molecule has 1 aliphatic heterocycles. The van der Waals surface area contributed by atoms with Crippen LogP contribution in [-0.4, -0.2) is 60.9 Å². The molecule has 2 aromatic rings. The fourth-order valence-corrected chi connectivity index (χ4v) is 2.37. The van der Waals surface area contributed by atoms with E-state index in [9.17, 15) is 9.18 Å². The molecule has 0 aliphatic carbocycles. The minimum Gasteiger partial charge on any atom is -0.484 e. The number of nitrogens with zero attached hydrogens (tertiary/aromatic N) is 4. The summed E-state index contributed by atoms with van der Waals surface area (Å²) in [7, 11) is 1.47. The van der Waals surface area contributed by atoms with E-state index in [1.165, 1.54) is 31.4 Å². The monoisotopic (exact) mass is 377 g/mol. The van der Waals surface area contributed by atoms with Crippen LogP contribution in [0.4, 0.5) is 10.3 Å². The average molecular weight is 377 g/mol. The second-order valence-electron chi connectivity index (χ2n) is 5.66. The van der Waals surface area contributed by atoms with Crippen molar-refractivity contribution in [1.82, 2.24) is 20.3 Å². The van der Waals surface area contributed by atoms with Crippen molar-refractivity contribution in [2.75, 3.05) is 44.9 Å². The van der Waals surface area contributed by atoms with E-state index in [1.54, 1.807) is 0 Å². The van der Waals surface area contributed by atoms with Crippen LogP contribution >= 0.6 is 0 Å². The van der Waals surface area contributed by atoms with Crippen molar-refractivity contribution in [3.63, 3.8) is 0 Å². The Morgan fingerprint density at radius 3 is 2.67 bits per heavy atom. The molecule has 0 atom stereocenters. The molecule has 10 heteroatoms. The normalized spacial score (nSPS) is 13.9. The van der Waals surface area contributed by atoms with Crippen molar-refractivity contribution in [2.24, 2.45) is 0 Å². The minimum atomic E-state index is -0.369. The lowest BCUT2D eigenvalue weighted by Crippen LogP contribution is -2.38. The molecule has 3 rings (SSSR count). The van der Waals surface area contributed by atoms with Crippen LogP contribution in [0, 0.1) is 5.82 Å². The van der Waals surface area contributed by atoms with Crippen LogP contribution in [0.25, 0.3) is 0 Å². The lowest BCUT2D eigenvalue weighted by atomic mass is 10.3. The summed E-state index contributed by atoms with van der Waals surface area (Å²) in [5, 5.41) is 2.67. The number of ether oxygens (including phenoxy) is 3. The number of anilines is 1. The first-order chi connectivity index (χ1) is 13.1. The predicted molar refractivity (Wildman–Crippen MR) is 93.2 cm³/mol. The largest absolute Gasteiger partial charge is 0.484 e. The zero-order valence-corrected chi connectivity index (χ0v) is 14.9. The molecule has 1 amide bonds. The Morgan fingerprint density at radius 2 is 1.96 bits per heavy atom. The lowest BCUT2D eigenvalue weighted by molar-refractivity contribution is -0.123. The molecule has 1 saturated heterocycles. The number of carbonyl (C=O) groups is 1. The fraction of sp³-hybridized carbons (Fsp3) is 0.412. The summed E-state index contributed by atoms with van der Waals surface area (Å²) in [6.07, 6.45) is 0. The van der Waals surface area contributed by atoms with Gasteiger partial charge in [-0.05, 0) is 24.3 Å². The number of hydrogen-bond donors (Lipinski definition) is 1. The van der Waals surface area contributed by atoms with Gasteiger partial charge in [-0.2, -0.15) is 15.0 Å². The molecule has 27 heavy (non-hydrogen) atoms. The van der Waals surface area contributed by atoms with Crippen molar-refractivity contribution in [2.45, 2.75) is 6.54 Å². The molecule has 1 N–H and O–H groups in total. The molecule has 0 radical (unpaired) electrons. The van der Waals surface area contributed by atoms with Crippen LogP contribution < -0.4 is 19.7 Å². The van der Waals surface area contributed by atoms with Gasteiger partial charge in [0.25, 0.3) is 5.91 Å². The molecule has 0 saturated carbocycles. The number of amides is 1. The molecular weight excluding hydrogens is 357 g/mol. The highest BCUT2D eigenvalue weighted by molar-refractivity contribution is 5.77. The second-order valence-corrected chi connectivity index (χ2v) is 5.66. The van der Waals surface area contributed by atoms with Crippen LogP contribution in [0.5, 0.6) is 11.8 Å². The quantitative estimate of drug-likeness (QED) is 0.747. The van der Waals surface area contributed by atoms with Crippen LogP contribution in [-0.2, 0) is 16.1 Å². The Labute approximate surface area is 155 Å². The third-order valence-electron chi connectivity index (χ3n) is 3.75. The Morgan fingerprint density at radius 1 is 1.22 bits per heavy atom. The van der Waals surface area contributed by atoms with E-state index in [-0.39, 0.29) is 30.9 Å². The van der Waals surface area contributed by atoms with E-state index in [0.29, 0.717) is 43.8 Å². The van der Waals surface area contributed by atoms with E-state index in [0.717, 1.165) is 0 Å². The molecule has 0 spiro atoms. The maximum Gasteiger partial charge on any atom is 0.321 e. The third-order valence-corrected chi connectivity index (χ3v) is 3.75. The zero-order valence-electron chi connectivity index (χ0n) is 14.9. The van der Waals surface area contributed by atoms with E-state index in [2.05, 4.69) is 20.3 Å². The number of rotatable bonds is 7. The summed E-state index contributed by atoms with van der Waals surface area (Å²) in [6, 6.07) is 5.61. The third kappa shape index (κ3) is 5.48. The highest BCUT2D eigenvalue weighted by atomic mass is 19.1. The van der Waals surface area contributed by atoms with Crippen molar-refractivity contribution >= 4 is 11.9 Å². The molecular formula is C17H20FN5O4. The van der Waals surface area contributed by atoms with Crippen LogP contribution in [0.3, 0.4) is 0 Å². The molecule has 0 unspecified atom stereocenters. The maximum atomic E-state index is 12.8. The van der Waals surface area contributed by atoms with Gasteiger partial charge in [0.05, 0.1) is 26.9 Å². The SMILES string of the molecule is COc1nc(CNC(=O)COc2ccc(F)cc2)nc(N2CCOCC2)n1. The number of halogens is 1.